The zero-order chi connectivity index (χ0) is 10.8. The molecule has 0 radical (unpaired) electrons. The van der Waals surface area contributed by atoms with Crippen molar-refractivity contribution in [3.8, 4) is 0 Å². The molecule has 4 nitrogen and oxygen atoms in total. The van der Waals surface area contributed by atoms with Gasteiger partial charge in [-0.3, -0.25) is 4.79 Å². The van der Waals surface area contributed by atoms with Crippen molar-refractivity contribution in [3.63, 3.8) is 0 Å². The van der Waals surface area contributed by atoms with Crippen molar-refractivity contribution in [1.29, 1.82) is 0 Å². The summed E-state index contributed by atoms with van der Waals surface area (Å²) in [5.41, 5.74) is 0. The number of fused-ring (bicyclic) bond motifs is 2. The van der Waals surface area contributed by atoms with E-state index in [2.05, 4.69) is 5.32 Å². The first-order valence-electron chi connectivity index (χ1n) is 5.73. The van der Waals surface area contributed by atoms with Crippen LogP contribution in [0.25, 0.3) is 0 Å². The average molecular weight is 213 g/mol. The molecule has 4 heteroatoms. The first-order chi connectivity index (χ1) is 7.15. The van der Waals surface area contributed by atoms with Crippen molar-refractivity contribution >= 4 is 5.97 Å². The molecule has 86 valence electrons. The zero-order valence-electron chi connectivity index (χ0n) is 9.36. The van der Waals surface area contributed by atoms with Crippen LogP contribution in [0.5, 0.6) is 0 Å². The predicted octanol–water partition coefficient (Wildman–Crippen LogP) is 0.847. The average Bonchev–Trinajstić information content (AvgIpc) is 2.74. The molecule has 0 aromatic heterocycles. The molecule has 0 aliphatic carbocycles. The number of carbonyl (C=O) groups excluding carboxylic acids is 1. The lowest BCUT2D eigenvalue weighted by molar-refractivity contribution is -0.146. The van der Waals surface area contributed by atoms with Gasteiger partial charge in [-0.25, -0.2) is 0 Å². The first-order valence-corrected chi connectivity index (χ1v) is 5.73. The van der Waals surface area contributed by atoms with Crippen molar-refractivity contribution in [2.24, 2.45) is 0 Å². The monoisotopic (exact) mass is 213 g/mol. The maximum atomic E-state index is 11.3. The summed E-state index contributed by atoms with van der Waals surface area (Å²) in [4.78, 5) is 11.3. The van der Waals surface area contributed by atoms with Crippen LogP contribution >= 0.6 is 0 Å². The molecule has 2 rings (SSSR count). The highest BCUT2D eigenvalue weighted by Crippen LogP contribution is 2.34. The lowest BCUT2D eigenvalue weighted by Crippen LogP contribution is -2.41. The van der Waals surface area contributed by atoms with Crippen LogP contribution in [0, 0.1) is 0 Å². The topological polar surface area (TPSA) is 47.6 Å². The van der Waals surface area contributed by atoms with E-state index in [0.717, 1.165) is 12.8 Å². The summed E-state index contributed by atoms with van der Waals surface area (Å²) in [5.74, 6) is -0.173. The lowest BCUT2D eigenvalue weighted by atomic mass is 9.95. The zero-order valence-corrected chi connectivity index (χ0v) is 9.36. The highest BCUT2D eigenvalue weighted by atomic mass is 16.5. The van der Waals surface area contributed by atoms with Gasteiger partial charge in [0.05, 0.1) is 24.9 Å². The van der Waals surface area contributed by atoms with E-state index in [0.29, 0.717) is 24.8 Å². The van der Waals surface area contributed by atoms with Crippen LogP contribution in [0.4, 0.5) is 0 Å². The molecule has 3 atom stereocenters. The largest absolute Gasteiger partial charge is 0.462 e. The number of ether oxygens (including phenoxy) is 2. The van der Waals surface area contributed by atoms with Gasteiger partial charge < -0.3 is 14.8 Å². The van der Waals surface area contributed by atoms with Crippen LogP contribution in [0.2, 0.25) is 0 Å². The summed E-state index contributed by atoms with van der Waals surface area (Å²) in [6.45, 7) is 4.02. The molecular formula is C11H19NO3. The Labute approximate surface area is 90.3 Å². The minimum absolute atomic E-state index is 0.0319. The maximum Gasteiger partial charge on any atom is 0.320 e. The van der Waals surface area contributed by atoms with E-state index in [9.17, 15) is 4.79 Å². The standard InChI is InChI=1S/C11H19NO3/c1-7(2)14-11(13)6-12-9-5-8-3-4-10(9)15-8/h7-10,12H,3-6H2,1-2H3. The quantitative estimate of drug-likeness (QED) is 0.703. The maximum absolute atomic E-state index is 11.3. The summed E-state index contributed by atoms with van der Waals surface area (Å²) in [6, 6.07) is 0.350. The summed E-state index contributed by atoms with van der Waals surface area (Å²) >= 11 is 0. The fourth-order valence-electron chi connectivity index (χ4n) is 2.37. The van der Waals surface area contributed by atoms with Crippen LogP contribution < -0.4 is 5.32 Å². The van der Waals surface area contributed by atoms with Crippen molar-refractivity contribution in [2.75, 3.05) is 6.54 Å². The van der Waals surface area contributed by atoms with E-state index in [1.165, 1.54) is 6.42 Å². The second-order valence-electron chi connectivity index (χ2n) is 4.64. The molecule has 0 aromatic carbocycles. The smallest absolute Gasteiger partial charge is 0.320 e. The number of esters is 1. The Morgan fingerprint density at radius 1 is 1.53 bits per heavy atom. The Morgan fingerprint density at radius 2 is 2.33 bits per heavy atom. The van der Waals surface area contributed by atoms with Gasteiger partial charge in [0.1, 0.15) is 0 Å². The van der Waals surface area contributed by atoms with Crippen LogP contribution in [-0.4, -0.2) is 36.9 Å². The van der Waals surface area contributed by atoms with Gasteiger partial charge in [-0.15, -0.1) is 0 Å². The van der Waals surface area contributed by atoms with Gasteiger partial charge in [0.25, 0.3) is 0 Å². The number of rotatable bonds is 4. The van der Waals surface area contributed by atoms with E-state index >= 15 is 0 Å². The second-order valence-corrected chi connectivity index (χ2v) is 4.64. The van der Waals surface area contributed by atoms with E-state index in [-0.39, 0.29) is 12.1 Å². The summed E-state index contributed by atoms with van der Waals surface area (Å²) < 4.78 is 10.7. The minimum atomic E-state index is -0.173. The fraction of sp³-hybridized carbons (Fsp3) is 0.909. The number of carbonyl (C=O) groups is 1. The van der Waals surface area contributed by atoms with Gasteiger partial charge in [-0.05, 0) is 33.1 Å². The molecule has 0 amide bonds. The second kappa shape index (κ2) is 4.49. The van der Waals surface area contributed by atoms with E-state index < -0.39 is 0 Å². The number of hydrogen-bond acceptors (Lipinski definition) is 4. The lowest BCUT2D eigenvalue weighted by Gasteiger charge is -2.19. The van der Waals surface area contributed by atoms with E-state index in [1.54, 1.807) is 0 Å². The van der Waals surface area contributed by atoms with Gasteiger partial charge in [0, 0.05) is 6.04 Å². The molecule has 2 heterocycles. The molecule has 2 aliphatic heterocycles. The highest BCUT2D eigenvalue weighted by molar-refractivity contribution is 5.71. The summed E-state index contributed by atoms with van der Waals surface area (Å²) in [7, 11) is 0. The molecule has 15 heavy (non-hydrogen) atoms. The van der Waals surface area contributed by atoms with E-state index in [1.807, 2.05) is 13.8 Å². The van der Waals surface area contributed by atoms with Crippen molar-refractivity contribution < 1.29 is 14.3 Å². The van der Waals surface area contributed by atoms with Gasteiger partial charge in [-0.2, -0.15) is 0 Å². The molecule has 1 N–H and O–H groups in total. The van der Waals surface area contributed by atoms with Crippen molar-refractivity contribution in [2.45, 2.75) is 57.5 Å². The van der Waals surface area contributed by atoms with Gasteiger partial charge in [0.15, 0.2) is 0 Å². The molecule has 0 aromatic rings. The molecule has 0 saturated carbocycles. The Bertz CT molecular complexity index is 242. The summed E-state index contributed by atoms with van der Waals surface area (Å²) in [6.07, 6.45) is 4.06. The molecule has 2 aliphatic rings. The molecule has 2 fully saturated rings. The van der Waals surface area contributed by atoms with Gasteiger partial charge in [-0.1, -0.05) is 0 Å². The Hall–Kier alpha value is -0.610. The third-order valence-corrected chi connectivity index (χ3v) is 2.98. The molecule has 0 spiro atoms. The van der Waals surface area contributed by atoms with E-state index in [4.69, 9.17) is 9.47 Å². The number of nitrogens with one attached hydrogen (secondary N) is 1. The van der Waals surface area contributed by atoms with Crippen molar-refractivity contribution in [1.82, 2.24) is 5.32 Å². The van der Waals surface area contributed by atoms with Gasteiger partial charge >= 0.3 is 5.97 Å². The van der Waals surface area contributed by atoms with Crippen LogP contribution in [0.15, 0.2) is 0 Å². The third kappa shape index (κ3) is 2.69. The van der Waals surface area contributed by atoms with Crippen molar-refractivity contribution in [3.05, 3.63) is 0 Å². The number of hydrogen-bond donors (Lipinski definition) is 1. The Kier molecular flexibility index (Phi) is 3.26. The molecule has 2 bridgehead atoms. The Balaban J connectivity index is 1.68. The molecular weight excluding hydrogens is 194 g/mol. The molecule has 2 saturated heterocycles. The Morgan fingerprint density at radius 3 is 2.87 bits per heavy atom. The first kappa shape index (κ1) is 10.9. The van der Waals surface area contributed by atoms with Crippen LogP contribution in [0.3, 0.4) is 0 Å². The van der Waals surface area contributed by atoms with Crippen LogP contribution in [0.1, 0.15) is 33.1 Å². The molecule has 3 unspecified atom stereocenters. The van der Waals surface area contributed by atoms with Crippen LogP contribution in [-0.2, 0) is 14.3 Å². The highest BCUT2D eigenvalue weighted by Gasteiger charge is 2.40. The summed E-state index contributed by atoms with van der Waals surface area (Å²) in [5, 5.41) is 3.22. The normalized spacial score (nSPS) is 33.7. The third-order valence-electron chi connectivity index (χ3n) is 2.98. The van der Waals surface area contributed by atoms with Gasteiger partial charge in [0.2, 0.25) is 0 Å². The fourth-order valence-corrected chi connectivity index (χ4v) is 2.37. The predicted molar refractivity (Wildman–Crippen MR) is 55.5 cm³/mol. The minimum Gasteiger partial charge on any atom is -0.462 e. The SMILES string of the molecule is CC(C)OC(=O)CNC1CC2CCC1O2.